The second-order valence-corrected chi connectivity index (χ2v) is 8.05. The molecule has 0 amide bonds. The maximum Gasteiger partial charge on any atom is 0.212 e. The zero-order valence-corrected chi connectivity index (χ0v) is 17.3. The van der Waals surface area contributed by atoms with Gasteiger partial charge < -0.3 is 9.80 Å². The molecular formula is C23H28N4O. The van der Waals surface area contributed by atoms with E-state index in [9.17, 15) is 4.79 Å². The minimum atomic E-state index is -0.400. The highest BCUT2D eigenvalue weighted by atomic mass is 16.1. The third-order valence-corrected chi connectivity index (χ3v) is 4.90. The van der Waals surface area contributed by atoms with Gasteiger partial charge in [-0.25, -0.2) is 4.99 Å². The number of ketones is 1. The molecule has 1 atom stereocenters. The van der Waals surface area contributed by atoms with Gasteiger partial charge in [-0.2, -0.15) is 0 Å². The fourth-order valence-corrected chi connectivity index (χ4v) is 3.35. The number of rotatable bonds is 4. The van der Waals surface area contributed by atoms with Gasteiger partial charge in [-0.1, -0.05) is 57.2 Å². The van der Waals surface area contributed by atoms with Gasteiger partial charge in [-0.15, -0.1) is 0 Å². The minimum absolute atomic E-state index is 0.134. The Morgan fingerprint density at radius 3 is 2.43 bits per heavy atom. The Morgan fingerprint density at radius 1 is 1.14 bits per heavy atom. The fraction of sp³-hybridized carbons (Fsp3) is 0.348. The summed E-state index contributed by atoms with van der Waals surface area (Å²) < 4.78 is 0. The van der Waals surface area contributed by atoms with Gasteiger partial charge >= 0.3 is 0 Å². The van der Waals surface area contributed by atoms with Gasteiger partial charge in [0.05, 0.1) is 18.1 Å². The number of aliphatic imine (C=N–C) groups is 2. The highest BCUT2D eigenvalue weighted by molar-refractivity contribution is 6.05. The smallest absolute Gasteiger partial charge is 0.212 e. The second-order valence-electron chi connectivity index (χ2n) is 8.05. The fourth-order valence-electron chi connectivity index (χ4n) is 3.35. The van der Waals surface area contributed by atoms with E-state index in [4.69, 9.17) is 4.99 Å². The van der Waals surface area contributed by atoms with Gasteiger partial charge in [0.25, 0.3) is 0 Å². The Labute approximate surface area is 167 Å². The summed E-state index contributed by atoms with van der Waals surface area (Å²) in [5.41, 5.74) is 2.56. The highest BCUT2D eigenvalue weighted by Gasteiger charge is 2.36. The SMILES string of the molecule is CN=CN(C)C1=Nc2ccccc2C(CC(=O)C(C)(C)C)N1c1ccccc1. The Bertz CT molecular complexity index is 896. The van der Waals surface area contributed by atoms with E-state index in [1.807, 2.05) is 69.1 Å². The zero-order chi connectivity index (χ0) is 20.3. The summed E-state index contributed by atoms with van der Waals surface area (Å²) in [4.78, 5) is 26.1. The van der Waals surface area contributed by atoms with Crippen LogP contribution in [-0.4, -0.2) is 37.1 Å². The number of guanidine groups is 1. The Hall–Kier alpha value is -2.95. The Balaban J connectivity index is 2.17. The first-order valence-electron chi connectivity index (χ1n) is 9.53. The Kier molecular flexibility index (Phi) is 5.63. The summed E-state index contributed by atoms with van der Waals surface area (Å²) in [7, 11) is 3.67. The molecule has 146 valence electrons. The molecule has 0 bridgehead atoms. The summed E-state index contributed by atoms with van der Waals surface area (Å²) in [6.45, 7) is 5.92. The lowest BCUT2D eigenvalue weighted by Crippen LogP contribution is -2.47. The summed E-state index contributed by atoms with van der Waals surface area (Å²) in [6.07, 6.45) is 2.15. The molecule has 2 aromatic carbocycles. The quantitative estimate of drug-likeness (QED) is 0.567. The molecule has 5 heteroatoms. The highest BCUT2D eigenvalue weighted by Crippen LogP contribution is 2.41. The lowest BCUT2D eigenvalue weighted by atomic mass is 9.84. The van der Waals surface area contributed by atoms with Gasteiger partial charge in [-0.05, 0) is 18.2 Å². The number of fused-ring (bicyclic) bond motifs is 1. The number of hydrogen-bond acceptors (Lipinski definition) is 4. The summed E-state index contributed by atoms with van der Waals surface area (Å²) >= 11 is 0. The molecule has 1 aliphatic rings. The number of para-hydroxylation sites is 2. The van der Waals surface area contributed by atoms with Gasteiger partial charge in [-0.3, -0.25) is 9.79 Å². The Morgan fingerprint density at radius 2 is 1.79 bits per heavy atom. The van der Waals surface area contributed by atoms with E-state index in [0.29, 0.717) is 6.42 Å². The molecular weight excluding hydrogens is 348 g/mol. The average Bonchev–Trinajstić information content (AvgIpc) is 2.67. The first kappa shape index (κ1) is 19.8. The van der Waals surface area contributed by atoms with Crippen LogP contribution in [0.3, 0.4) is 0 Å². The first-order chi connectivity index (χ1) is 13.3. The van der Waals surface area contributed by atoms with Crippen LogP contribution in [0.4, 0.5) is 11.4 Å². The van der Waals surface area contributed by atoms with Crippen molar-refractivity contribution in [3.05, 3.63) is 60.2 Å². The molecule has 1 aliphatic heterocycles. The molecule has 0 radical (unpaired) electrons. The molecule has 0 aliphatic carbocycles. The molecule has 0 spiro atoms. The first-order valence-corrected chi connectivity index (χ1v) is 9.53. The van der Waals surface area contributed by atoms with Crippen LogP contribution in [0.2, 0.25) is 0 Å². The number of Topliss-reactive ketones (excluding diaryl/α,β-unsaturated/α-hetero) is 1. The lowest BCUT2D eigenvalue weighted by molar-refractivity contribution is -0.126. The summed E-state index contributed by atoms with van der Waals surface area (Å²) in [5, 5.41) is 0. The van der Waals surface area contributed by atoms with Gasteiger partial charge in [0.1, 0.15) is 5.78 Å². The van der Waals surface area contributed by atoms with E-state index in [2.05, 4.69) is 28.1 Å². The van der Waals surface area contributed by atoms with Crippen molar-refractivity contribution in [3.63, 3.8) is 0 Å². The van der Waals surface area contributed by atoms with Crippen molar-refractivity contribution in [3.8, 4) is 0 Å². The zero-order valence-electron chi connectivity index (χ0n) is 17.3. The van der Waals surface area contributed by atoms with Crippen LogP contribution in [0.1, 0.15) is 38.8 Å². The lowest BCUT2D eigenvalue weighted by Gasteiger charge is -2.40. The molecule has 28 heavy (non-hydrogen) atoms. The molecule has 3 rings (SSSR count). The van der Waals surface area contributed by atoms with Gasteiger partial charge in [0, 0.05) is 37.2 Å². The molecule has 1 heterocycles. The minimum Gasteiger partial charge on any atom is -0.306 e. The van der Waals surface area contributed by atoms with Crippen molar-refractivity contribution in [2.45, 2.75) is 33.2 Å². The maximum absolute atomic E-state index is 13.0. The predicted octanol–water partition coefficient (Wildman–Crippen LogP) is 4.83. The maximum atomic E-state index is 13.0. The number of hydrogen-bond donors (Lipinski definition) is 0. The van der Waals surface area contributed by atoms with Gasteiger partial charge in [0.2, 0.25) is 5.96 Å². The van der Waals surface area contributed by atoms with Crippen molar-refractivity contribution >= 4 is 29.5 Å². The van der Waals surface area contributed by atoms with Crippen LogP contribution in [-0.2, 0) is 4.79 Å². The third kappa shape index (κ3) is 3.98. The molecule has 0 fully saturated rings. The molecule has 0 saturated heterocycles. The normalized spacial score (nSPS) is 16.7. The number of carbonyl (C=O) groups excluding carboxylic acids is 1. The standard InChI is InChI=1S/C23H28N4O/c1-23(2,3)21(28)15-20-18-13-9-10-14-19(18)25-22(26(5)16-24-4)27(20)17-11-7-6-8-12-17/h6-14,16,20H,15H2,1-5H3. The van der Waals surface area contributed by atoms with Crippen LogP contribution in [0.5, 0.6) is 0 Å². The molecule has 2 aromatic rings. The van der Waals surface area contributed by atoms with E-state index >= 15 is 0 Å². The van der Waals surface area contributed by atoms with Crippen molar-refractivity contribution < 1.29 is 4.79 Å². The second kappa shape index (κ2) is 7.97. The molecule has 0 aromatic heterocycles. The average molecular weight is 377 g/mol. The van der Waals surface area contributed by atoms with E-state index in [-0.39, 0.29) is 11.8 Å². The van der Waals surface area contributed by atoms with Crippen LogP contribution in [0.25, 0.3) is 0 Å². The van der Waals surface area contributed by atoms with Crippen LogP contribution < -0.4 is 4.90 Å². The van der Waals surface area contributed by atoms with E-state index in [1.54, 1.807) is 13.4 Å². The molecule has 0 N–H and O–H groups in total. The topological polar surface area (TPSA) is 48.3 Å². The molecule has 5 nitrogen and oxygen atoms in total. The molecule has 1 unspecified atom stereocenters. The van der Waals surface area contributed by atoms with E-state index in [0.717, 1.165) is 22.9 Å². The predicted molar refractivity (Wildman–Crippen MR) is 116 cm³/mol. The van der Waals surface area contributed by atoms with E-state index in [1.165, 1.54) is 0 Å². The third-order valence-electron chi connectivity index (χ3n) is 4.90. The van der Waals surface area contributed by atoms with Crippen molar-refractivity contribution in [1.29, 1.82) is 0 Å². The van der Waals surface area contributed by atoms with Crippen LogP contribution in [0, 0.1) is 5.41 Å². The van der Waals surface area contributed by atoms with E-state index < -0.39 is 5.41 Å². The summed E-state index contributed by atoms with van der Waals surface area (Å²) in [6, 6.07) is 18.0. The number of anilines is 1. The summed E-state index contributed by atoms with van der Waals surface area (Å²) in [5.74, 6) is 0.975. The van der Waals surface area contributed by atoms with Crippen molar-refractivity contribution in [2.75, 3.05) is 19.0 Å². The largest absolute Gasteiger partial charge is 0.306 e. The van der Waals surface area contributed by atoms with Crippen LogP contribution in [0.15, 0.2) is 64.6 Å². The van der Waals surface area contributed by atoms with Crippen LogP contribution >= 0.6 is 0 Å². The number of nitrogens with zero attached hydrogens (tertiary/aromatic N) is 4. The van der Waals surface area contributed by atoms with Gasteiger partial charge in [0.15, 0.2) is 0 Å². The number of carbonyl (C=O) groups is 1. The van der Waals surface area contributed by atoms with Crippen molar-refractivity contribution in [2.24, 2.45) is 15.4 Å². The molecule has 0 saturated carbocycles. The number of benzene rings is 2. The van der Waals surface area contributed by atoms with Crippen molar-refractivity contribution in [1.82, 2.24) is 4.90 Å². The monoisotopic (exact) mass is 376 g/mol.